The summed E-state index contributed by atoms with van der Waals surface area (Å²) in [6.45, 7) is 1.19. The molecule has 208 valence electrons. The van der Waals surface area contributed by atoms with Crippen molar-refractivity contribution in [2.75, 3.05) is 11.9 Å². The average molecular weight is 555 g/mol. The second-order valence-corrected chi connectivity index (χ2v) is 9.08. The van der Waals surface area contributed by atoms with E-state index in [1.807, 2.05) is 30.3 Å². The molecule has 0 atom stereocenters. The molecule has 13 heteroatoms. The molecule has 1 aliphatic rings. The number of halogens is 3. The quantitative estimate of drug-likeness (QED) is 0.310. The van der Waals surface area contributed by atoms with E-state index in [0.717, 1.165) is 29.2 Å². The zero-order valence-corrected chi connectivity index (χ0v) is 21.1. The zero-order chi connectivity index (χ0) is 28.7. The molecule has 5 rings (SSSR count). The Labute approximate surface area is 226 Å². The Morgan fingerprint density at radius 3 is 2.33 bits per heavy atom. The number of carboxylic acids is 1. The van der Waals surface area contributed by atoms with Crippen molar-refractivity contribution in [3.63, 3.8) is 0 Å². The number of benzene rings is 2. The monoisotopic (exact) mass is 554 g/mol. The summed E-state index contributed by atoms with van der Waals surface area (Å²) >= 11 is 0. The second-order valence-electron chi connectivity index (χ2n) is 9.08. The lowest BCUT2D eigenvalue weighted by Crippen LogP contribution is -2.33. The summed E-state index contributed by atoms with van der Waals surface area (Å²) in [5.41, 5.74) is 2.17. The first-order valence-corrected chi connectivity index (χ1v) is 12.3. The molecule has 0 radical (unpaired) electrons. The van der Waals surface area contributed by atoms with E-state index in [0.29, 0.717) is 30.3 Å². The minimum Gasteiger partial charge on any atom is -0.475 e. The summed E-state index contributed by atoms with van der Waals surface area (Å²) < 4.78 is 33.5. The van der Waals surface area contributed by atoms with Gasteiger partial charge in [-0.15, -0.1) is 5.10 Å². The number of nitrogens with one attached hydrogen (secondary N) is 2. The maximum Gasteiger partial charge on any atom is 0.490 e. The van der Waals surface area contributed by atoms with Gasteiger partial charge in [-0.05, 0) is 53.3 Å². The molecule has 1 saturated carbocycles. The number of nitrogens with zero attached hydrogens (tertiary/aromatic N) is 4. The van der Waals surface area contributed by atoms with Gasteiger partial charge in [0.05, 0.1) is 18.4 Å². The number of anilines is 1. The van der Waals surface area contributed by atoms with Gasteiger partial charge in [0.1, 0.15) is 0 Å². The molecule has 2 aromatic heterocycles. The van der Waals surface area contributed by atoms with Gasteiger partial charge in [-0.1, -0.05) is 42.0 Å². The van der Waals surface area contributed by atoms with Crippen LogP contribution in [-0.4, -0.2) is 55.6 Å². The van der Waals surface area contributed by atoms with Gasteiger partial charge in [-0.3, -0.25) is 9.59 Å². The van der Waals surface area contributed by atoms with Crippen LogP contribution in [0.1, 0.15) is 45.7 Å². The van der Waals surface area contributed by atoms with Crippen molar-refractivity contribution in [3.05, 3.63) is 83.9 Å². The summed E-state index contributed by atoms with van der Waals surface area (Å²) in [7, 11) is 0. The van der Waals surface area contributed by atoms with E-state index in [2.05, 4.69) is 25.9 Å². The lowest BCUT2D eigenvalue weighted by Gasteiger charge is -2.25. The maximum atomic E-state index is 13.3. The Kier molecular flexibility index (Phi) is 8.72. The summed E-state index contributed by atoms with van der Waals surface area (Å²) in [6, 6.07) is 14.9. The van der Waals surface area contributed by atoms with Crippen LogP contribution >= 0.6 is 0 Å². The minimum atomic E-state index is -5.08. The third-order valence-electron chi connectivity index (χ3n) is 6.35. The summed E-state index contributed by atoms with van der Waals surface area (Å²) in [6.07, 6.45) is 3.42. The van der Waals surface area contributed by atoms with Gasteiger partial charge in [-0.25, -0.2) is 14.5 Å². The van der Waals surface area contributed by atoms with Crippen molar-refractivity contribution in [1.82, 2.24) is 25.3 Å². The third-order valence-corrected chi connectivity index (χ3v) is 6.35. The van der Waals surface area contributed by atoms with E-state index in [1.54, 1.807) is 41.5 Å². The fourth-order valence-electron chi connectivity index (χ4n) is 4.08. The van der Waals surface area contributed by atoms with Crippen molar-refractivity contribution in [1.29, 1.82) is 0 Å². The molecular formula is C27H25F3N6O4. The van der Waals surface area contributed by atoms with Crippen molar-refractivity contribution in [3.8, 4) is 0 Å². The summed E-state index contributed by atoms with van der Waals surface area (Å²) in [4.78, 5) is 39.1. The van der Waals surface area contributed by atoms with Crippen LogP contribution in [0.5, 0.6) is 0 Å². The van der Waals surface area contributed by atoms with Crippen LogP contribution in [0.3, 0.4) is 0 Å². The average Bonchev–Trinajstić information content (AvgIpc) is 3.41. The van der Waals surface area contributed by atoms with Crippen LogP contribution in [0.15, 0.2) is 67.1 Å². The predicted molar refractivity (Wildman–Crippen MR) is 139 cm³/mol. The molecule has 4 aromatic rings. The number of carboxylic acid groups (broad SMARTS) is 1. The number of hydrogen-bond donors (Lipinski definition) is 3. The molecule has 0 spiro atoms. The van der Waals surface area contributed by atoms with Crippen molar-refractivity contribution < 1.29 is 32.7 Å². The lowest BCUT2D eigenvalue weighted by molar-refractivity contribution is -0.192. The van der Waals surface area contributed by atoms with Crippen LogP contribution in [0.25, 0.3) is 10.8 Å². The van der Waals surface area contributed by atoms with E-state index in [-0.39, 0.29) is 17.5 Å². The van der Waals surface area contributed by atoms with Gasteiger partial charge in [0, 0.05) is 24.5 Å². The lowest BCUT2D eigenvalue weighted by atomic mass is 9.85. The Bertz CT molecular complexity index is 1500. The first-order chi connectivity index (χ1) is 19.1. The van der Waals surface area contributed by atoms with E-state index in [9.17, 15) is 22.8 Å². The topological polar surface area (TPSA) is 139 Å². The SMILES string of the molecule is O=C(NCC1CCC1)c1ncccc1NC(=O)c1ccc(Cn2ccnn2)c2ccccc12.O=C(O)C(F)(F)F. The molecule has 0 aliphatic heterocycles. The highest BCUT2D eigenvalue weighted by Gasteiger charge is 2.38. The molecule has 2 aromatic carbocycles. The summed E-state index contributed by atoms with van der Waals surface area (Å²) in [5, 5.41) is 22.6. The van der Waals surface area contributed by atoms with Gasteiger partial charge in [0.15, 0.2) is 5.69 Å². The summed E-state index contributed by atoms with van der Waals surface area (Å²) in [5.74, 6) is -2.78. The molecular weight excluding hydrogens is 529 g/mol. The number of amides is 2. The molecule has 3 N–H and O–H groups in total. The number of fused-ring (bicyclic) bond motifs is 1. The van der Waals surface area contributed by atoms with Gasteiger partial charge in [0.2, 0.25) is 0 Å². The van der Waals surface area contributed by atoms with Gasteiger partial charge < -0.3 is 15.7 Å². The molecule has 2 amide bonds. The zero-order valence-electron chi connectivity index (χ0n) is 21.1. The highest BCUT2D eigenvalue weighted by molar-refractivity contribution is 6.15. The predicted octanol–water partition coefficient (Wildman–Crippen LogP) is 4.29. The van der Waals surface area contributed by atoms with Gasteiger partial charge in [0.25, 0.3) is 11.8 Å². The standard InChI is InChI=1S/C25H24N6O2.C2HF3O2/c32-24(29-22-9-4-12-26-23(22)25(33)27-15-17-5-3-6-17)21-11-10-18(16-31-14-13-28-30-31)19-7-1-2-8-20(19)21;3-2(4,5)1(6)7/h1-2,4,7-14,17H,3,5-6,15-16H2,(H,27,33)(H,29,32);(H,6,7). The maximum absolute atomic E-state index is 13.3. The Balaban J connectivity index is 0.000000470. The largest absolute Gasteiger partial charge is 0.490 e. The molecule has 2 heterocycles. The van der Waals surface area contributed by atoms with Crippen LogP contribution in [0.2, 0.25) is 0 Å². The minimum absolute atomic E-state index is 0.220. The van der Waals surface area contributed by atoms with E-state index in [1.165, 1.54) is 6.42 Å². The van der Waals surface area contributed by atoms with Crippen molar-refractivity contribution >= 4 is 34.2 Å². The van der Waals surface area contributed by atoms with Crippen LogP contribution in [0, 0.1) is 5.92 Å². The highest BCUT2D eigenvalue weighted by atomic mass is 19.4. The fourth-order valence-corrected chi connectivity index (χ4v) is 4.08. The van der Waals surface area contributed by atoms with Gasteiger partial charge >= 0.3 is 12.1 Å². The van der Waals surface area contributed by atoms with E-state index >= 15 is 0 Å². The number of carbonyl (C=O) groups is 3. The Hall–Kier alpha value is -4.81. The number of rotatable bonds is 7. The number of alkyl halides is 3. The molecule has 40 heavy (non-hydrogen) atoms. The second kappa shape index (κ2) is 12.4. The normalized spacial score (nSPS) is 13.1. The Morgan fingerprint density at radius 1 is 0.975 bits per heavy atom. The molecule has 0 bridgehead atoms. The number of aliphatic carboxylic acids is 1. The van der Waals surface area contributed by atoms with Gasteiger partial charge in [-0.2, -0.15) is 13.2 Å². The van der Waals surface area contributed by atoms with E-state index < -0.39 is 12.1 Å². The number of carbonyl (C=O) groups excluding carboxylic acids is 2. The highest BCUT2D eigenvalue weighted by Crippen LogP contribution is 2.26. The molecule has 1 fully saturated rings. The van der Waals surface area contributed by atoms with Crippen molar-refractivity contribution in [2.24, 2.45) is 5.92 Å². The molecule has 10 nitrogen and oxygen atoms in total. The number of hydrogen-bond acceptors (Lipinski definition) is 6. The van der Waals surface area contributed by atoms with Crippen LogP contribution in [0.4, 0.5) is 18.9 Å². The van der Waals surface area contributed by atoms with Crippen LogP contribution in [-0.2, 0) is 11.3 Å². The van der Waals surface area contributed by atoms with E-state index in [4.69, 9.17) is 9.90 Å². The first-order valence-electron chi connectivity index (χ1n) is 12.3. The third kappa shape index (κ3) is 6.98. The smallest absolute Gasteiger partial charge is 0.475 e. The molecule has 0 saturated heterocycles. The molecule has 1 aliphatic carbocycles. The number of aromatic nitrogens is 4. The molecule has 0 unspecified atom stereocenters. The number of pyridine rings is 1. The Morgan fingerprint density at radius 2 is 1.70 bits per heavy atom. The van der Waals surface area contributed by atoms with Crippen LogP contribution < -0.4 is 10.6 Å². The first kappa shape index (κ1) is 28.2. The fraction of sp³-hybridized carbons (Fsp3) is 0.259. The van der Waals surface area contributed by atoms with Crippen molar-refractivity contribution in [2.45, 2.75) is 32.0 Å².